The van der Waals surface area contributed by atoms with Crippen molar-refractivity contribution < 1.29 is 23.4 Å². The molecule has 2 fully saturated rings. The first-order valence-electron chi connectivity index (χ1n) is 12.3. The first-order chi connectivity index (χ1) is 17.8. The molecule has 9 nitrogen and oxygen atoms in total. The topological polar surface area (TPSA) is 102 Å². The van der Waals surface area contributed by atoms with Crippen LogP contribution < -0.4 is 14.8 Å². The smallest absolute Gasteiger partial charge is 0.254 e. The second-order valence-corrected chi connectivity index (χ2v) is 9.55. The average Bonchev–Trinajstić information content (AvgIpc) is 2.89. The number of piperazine rings is 1. The van der Waals surface area contributed by atoms with Gasteiger partial charge >= 0.3 is 0 Å². The second kappa shape index (κ2) is 10.1. The first-order valence-corrected chi connectivity index (χ1v) is 12.3. The maximum absolute atomic E-state index is 13.2. The molecule has 0 bridgehead atoms. The number of hydrogen-bond donors (Lipinski definition) is 1. The van der Waals surface area contributed by atoms with Crippen LogP contribution in [0, 0.1) is 11.0 Å². The summed E-state index contributed by atoms with van der Waals surface area (Å²) in [5, 5.41) is 14.2. The van der Waals surface area contributed by atoms with Crippen molar-refractivity contribution in [3.05, 3.63) is 83.7 Å². The number of rotatable bonds is 6. The van der Waals surface area contributed by atoms with Gasteiger partial charge in [-0.2, -0.15) is 4.73 Å². The fourth-order valence-electron chi connectivity index (χ4n) is 4.93. The third-order valence-electron chi connectivity index (χ3n) is 7.22. The number of ether oxygens (including phenoxy) is 1. The van der Waals surface area contributed by atoms with Crippen LogP contribution in [0.25, 0.3) is 0 Å². The Balaban J connectivity index is 1.19. The van der Waals surface area contributed by atoms with Crippen LogP contribution in [0.3, 0.4) is 0 Å². The van der Waals surface area contributed by atoms with Crippen LogP contribution in [0.15, 0.2) is 67.1 Å². The minimum absolute atomic E-state index is 0.0794. The summed E-state index contributed by atoms with van der Waals surface area (Å²) in [4.78, 5) is 34.5. The van der Waals surface area contributed by atoms with E-state index in [4.69, 9.17) is 4.74 Å². The van der Waals surface area contributed by atoms with Crippen molar-refractivity contribution in [2.24, 2.45) is 0 Å². The lowest BCUT2D eigenvalue weighted by atomic mass is 9.73. The molecule has 1 saturated heterocycles. The molecule has 1 aliphatic heterocycles. The van der Waals surface area contributed by atoms with E-state index in [0.717, 1.165) is 19.3 Å². The van der Waals surface area contributed by atoms with Gasteiger partial charge in [-0.1, -0.05) is 0 Å². The van der Waals surface area contributed by atoms with E-state index < -0.39 is 6.04 Å². The zero-order valence-electron chi connectivity index (χ0n) is 20.5. The molecule has 3 aromatic rings. The lowest BCUT2D eigenvalue weighted by molar-refractivity contribution is -0.605. The van der Waals surface area contributed by atoms with Crippen molar-refractivity contribution in [2.45, 2.75) is 37.8 Å². The molecule has 1 spiro atoms. The normalized spacial score (nSPS) is 17.6. The van der Waals surface area contributed by atoms with E-state index in [1.165, 1.54) is 42.9 Å². The largest absolute Gasteiger partial charge is 0.619 e. The molecule has 192 valence electrons. The van der Waals surface area contributed by atoms with Crippen LogP contribution in [0.1, 0.15) is 36.5 Å². The van der Waals surface area contributed by atoms with Crippen molar-refractivity contribution in [3.8, 4) is 11.5 Å². The van der Waals surface area contributed by atoms with E-state index in [-0.39, 0.29) is 23.2 Å². The Bertz CT molecular complexity index is 1260. The molecular weight excluding hydrogens is 477 g/mol. The Morgan fingerprint density at radius 2 is 1.78 bits per heavy atom. The summed E-state index contributed by atoms with van der Waals surface area (Å²) in [6.07, 6.45) is 6.96. The van der Waals surface area contributed by atoms with E-state index in [1.54, 1.807) is 24.3 Å². The summed E-state index contributed by atoms with van der Waals surface area (Å²) >= 11 is 0. The van der Waals surface area contributed by atoms with Gasteiger partial charge in [0.1, 0.15) is 23.1 Å². The monoisotopic (exact) mass is 505 g/mol. The lowest BCUT2D eigenvalue weighted by Crippen LogP contribution is -2.68. The molecule has 5 rings (SSSR count). The molecule has 1 aliphatic carbocycles. The van der Waals surface area contributed by atoms with Gasteiger partial charge in [0.2, 0.25) is 5.91 Å². The van der Waals surface area contributed by atoms with Crippen molar-refractivity contribution in [3.63, 3.8) is 0 Å². The lowest BCUT2D eigenvalue weighted by Gasteiger charge is -2.56. The third kappa shape index (κ3) is 5.24. The van der Waals surface area contributed by atoms with E-state index >= 15 is 0 Å². The van der Waals surface area contributed by atoms with E-state index in [2.05, 4.69) is 15.2 Å². The zero-order chi connectivity index (χ0) is 26.0. The highest BCUT2D eigenvalue weighted by atomic mass is 19.1. The Morgan fingerprint density at radius 3 is 2.41 bits per heavy atom. The Morgan fingerprint density at radius 1 is 1.08 bits per heavy atom. The third-order valence-corrected chi connectivity index (χ3v) is 7.22. The van der Waals surface area contributed by atoms with Crippen LogP contribution in [-0.4, -0.2) is 57.8 Å². The summed E-state index contributed by atoms with van der Waals surface area (Å²) < 4.78 is 19.4. The Labute approximate surface area is 214 Å². The number of halogens is 1. The maximum Gasteiger partial charge on any atom is 0.254 e. The van der Waals surface area contributed by atoms with Crippen molar-refractivity contribution in [1.29, 1.82) is 0 Å². The highest BCUT2D eigenvalue weighted by molar-refractivity contribution is 5.95. The molecule has 1 aromatic carbocycles. The van der Waals surface area contributed by atoms with Gasteiger partial charge in [0.15, 0.2) is 12.4 Å². The van der Waals surface area contributed by atoms with E-state index in [9.17, 15) is 19.2 Å². The minimum Gasteiger partial charge on any atom is -0.619 e. The van der Waals surface area contributed by atoms with Gasteiger partial charge in [0.05, 0.1) is 23.3 Å². The molecule has 1 atom stereocenters. The molecule has 3 heterocycles. The fraction of sp³-hybridized carbons (Fsp3) is 0.333. The van der Waals surface area contributed by atoms with Crippen LogP contribution in [-0.2, 0) is 4.79 Å². The number of anilines is 1. The number of benzene rings is 1. The van der Waals surface area contributed by atoms with Crippen LogP contribution in [0.4, 0.5) is 10.2 Å². The Hall–Kier alpha value is -4.05. The highest BCUT2D eigenvalue weighted by Crippen LogP contribution is 2.41. The second-order valence-electron chi connectivity index (χ2n) is 9.55. The number of pyridine rings is 2. The number of carbonyl (C=O) groups is 2. The summed E-state index contributed by atoms with van der Waals surface area (Å²) in [5.41, 5.74) is 0.195. The molecule has 37 heavy (non-hydrogen) atoms. The quantitative estimate of drug-likeness (QED) is 0.407. The molecule has 1 N–H and O–H groups in total. The molecule has 2 amide bonds. The maximum atomic E-state index is 13.2. The predicted molar refractivity (Wildman–Crippen MR) is 133 cm³/mol. The van der Waals surface area contributed by atoms with Crippen LogP contribution >= 0.6 is 0 Å². The van der Waals surface area contributed by atoms with Crippen LogP contribution in [0.2, 0.25) is 0 Å². The summed E-state index contributed by atoms with van der Waals surface area (Å²) in [6.45, 7) is 3.54. The molecule has 0 radical (unpaired) electrons. The number of hydrogen-bond acceptors (Lipinski definition) is 6. The van der Waals surface area contributed by atoms with Crippen molar-refractivity contribution >= 4 is 17.6 Å². The van der Waals surface area contributed by atoms with Gasteiger partial charge in [-0.15, -0.1) is 0 Å². The van der Waals surface area contributed by atoms with Gasteiger partial charge in [0.25, 0.3) is 5.91 Å². The van der Waals surface area contributed by atoms with Gasteiger partial charge < -0.3 is 20.2 Å². The predicted octanol–water partition coefficient (Wildman–Crippen LogP) is 3.35. The number of amides is 2. The summed E-state index contributed by atoms with van der Waals surface area (Å²) in [6, 6.07) is 11.7. The number of nitrogens with one attached hydrogen (secondary N) is 1. The fourth-order valence-corrected chi connectivity index (χ4v) is 4.93. The average molecular weight is 506 g/mol. The SMILES string of the molecule is C[C@@H](C(=O)Nc1ccc(Oc2ccc(F)cc2)cn1)N1CCN(C(=O)c2cc[n+]([O-])cc2)C2(CCC2)C1. The summed E-state index contributed by atoms with van der Waals surface area (Å²) in [5.74, 6) is 0.742. The zero-order valence-corrected chi connectivity index (χ0v) is 20.5. The molecule has 10 heteroatoms. The number of carbonyl (C=O) groups excluding carboxylic acids is 2. The molecular formula is C27H28FN5O4. The molecule has 2 aromatic heterocycles. The van der Waals surface area contributed by atoms with Gasteiger partial charge in [-0.3, -0.25) is 14.5 Å². The number of nitrogens with zero attached hydrogens (tertiary/aromatic N) is 4. The standard InChI is InChI=1S/C27H28FN5O4/c1-19(25(34)30-24-8-7-23(17-29-24)37-22-5-3-21(28)4-6-22)31-15-16-33(27(18-31)11-2-12-27)26(35)20-9-13-32(36)14-10-20/h3-10,13-14,17,19H,2,11-12,15-16,18H2,1H3,(H,29,30,34)/t19-/m0/s1. The van der Waals surface area contributed by atoms with E-state index in [1.807, 2.05) is 11.8 Å². The first kappa shape index (κ1) is 24.6. The van der Waals surface area contributed by atoms with Gasteiger partial charge in [-0.05, 0) is 62.6 Å². The minimum atomic E-state index is -0.414. The summed E-state index contributed by atoms with van der Waals surface area (Å²) in [7, 11) is 0. The van der Waals surface area contributed by atoms with Gasteiger partial charge in [0, 0.05) is 31.8 Å². The molecule has 1 saturated carbocycles. The highest BCUT2D eigenvalue weighted by Gasteiger charge is 2.49. The molecule has 2 aliphatic rings. The van der Waals surface area contributed by atoms with Crippen molar-refractivity contribution in [1.82, 2.24) is 14.8 Å². The molecule has 0 unspecified atom stereocenters. The van der Waals surface area contributed by atoms with Crippen molar-refractivity contribution in [2.75, 3.05) is 25.0 Å². The number of aromatic nitrogens is 2. The van der Waals surface area contributed by atoms with E-state index in [0.29, 0.717) is 47.2 Å². The van der Waals surface area contributed by atoms with Gasteiger partial charge in [-0.25, -0.2) is 9.37 Å². The Kier molecular flexibility index (Phi) is 6.75. The van der Waals surface area contributed by atoms with Crippen LogP contribution in [0.5, 0.6) is 11.5 Å².